The van der Waals surface area contributed by atoms with E-state index in [1.54, 1.807) is 6.92 Å². The zero-order valence-electron chi connectivity index (χ0n) is 9.65. The number of amides is 1. The molecule has 0 bridgehead atoms. The van der Waals surface area contributed by atoms with Crippen molar-refractivity contribution in [1.82, 2.24) is 4.90 Å². The summed E-state index contributed by atoms with van der Waals surface area (Å²) in [5.41, 5.74) is 8.00. The molecule has 1 saturated heterocycles. The Morgan fingerprint density at radius 3 is 2.88 bits per heavy atom. The first kappa shape index (κ1) is 11.0. The summed E-state index contributed by atoms with van der Waals surface area (Å²) in [4.78, 5) is 13.3. The molecule has 0 spiro atoms. The molecule has 1 aromatic rings. The fourth-order valence-electron chi connectivity index (χ4n) is 2.40. The zero-order chi connectivity index (χ0) is 11.5. The molecule has 1 heterocycles. The number of piperidine rings is 1. The highest BCUT2D eigenvalue weighted by atomic mass is 16.2. The van der Waals surface area contributed by atoms with Gasteiger partial charge in [-0.1, -0.05) is 18.2 Å². The van der Waals surface area contributed by atoms with Crippen LogP contribution in [0.1, 0.15) is 31.2 Å². The number of carbonyl (C=O) groups excluding carboxylic acids is 1. The van der Waals surface area contributed by atoms with Crippen LogP contribution < -0.4 is 5.73 Å². The molecule has 0 aliphatic carbocycles. The third-order valence-electron chi connectivity index (χ3n) is 3.30. The van der Waals surface area contributed by atoms with Crippen LogP contribution in [0.25, 0.3) is 0 Å². The van der Waals surface area contributed by atoms with Gasteiger partial charge in [0, 0.05) is 31.6 Å². The van der Waals surface area contributed by atoms with Gasteiger partial charge in [0.1, 0.15) is 0 Å². The number of nitrogen functional groups attached to an aromatic ring is 1. The van der Waals surface area contributed by atoms with E-state index < -0.39 is 0 Å². The van der Waals surface area contributed by atoms with E-state index in [2.05, 4.69) is 6.07 Å². The molecule has 86 valence electrons. The van der Waals surface area contributed by atoms with Gasteiger partial charge in [-0.2, -0.15) is 0 Å². The number of nitrogens with zero attached hydrogens (tertiary/aromatic N) is 1. The molecular weight excluding hydrogens is 200 g/mol. The average molecular weight is 218 g/mol. The number of likely N-dealkylation sites (tertiary alicyclic amines) is 1. The number of para-hydroxylation sites is 1. The lowest BCUT2D eigenvalue weighted by molar-refractivity contribution is -0.130. The number of carbonyl (C=O) groups is 1. The van der Waals surface area contributed by atoms with Gasteiger partial charge >= 0.3 is 0 Å². The molecule has 1 amide bonds. The topological polar surface area (TPSA) is 46.3 Å². The molecule has 0 aromatic heterocycles. The van der Waals surface area contributed by atoms with Gasteiger partial charge in [-0.25, -0.2) is 0 Å². The van der Waals surface area contributed by atoms with Gasteiger partial charge in [-0.15, -0.1) is 0 Å². The summed E-state index contributed by atoms with van der Waals surface area (Å²) in [6.07, 6.45) is 2.19. The Labute approximate surface area is 96.2 Å². The normalized spacial score (nSPS) is 20.8. The molecule has 1 atom stereocenters. The molecule has 1 fully saturated rings. The molecule has 1 aliphatic heterocycles. The van der Waals surface area contributed by atoms with Crippen LogP contribution in [0, 0.1) is 0 Å². The lowest BCUT2D eigenvalue weighted by atomic mass is 9.89. The lowest BCUT2D eigenvalue weighted by Crippen LogP contribution is -2.37. The summed E-state index contributed by atoms with van der Waals surface area (Å²) in [5, 5.41) is 0. The fraction of sp³-hybridized carbons (Fsp3) is 0.462. The van der Waals surface area contributed by atoms with Crippen molar-refractivity contribution in [3.8, 4) is 0 Å². The second kappa shape index (κ2) is 4.56. The predicted molar refractivity (Wildman–Crippen MR) is 65.1 cm³/mol. The van der Waals surface area contributed by atoms with Crippen LogP contribution in [-0.2, 0) is 4.79 Å². The van der Waals surface area contributed by atoms with Crippen LogP contribution in [0.2, 0.25) is 0 Å². The molecule has 1 unspecified atom stereocenters. The smallest absolute Gasteiger partial charge is 0.219 e. The summed E-state index contributed by atoms with van der Waals surface area (Å²) < 4.78 is 0. The van der Waals surface area contributed by atoms with Gasteiger partial charge in [-0.3, -0.25) is 4.79 Å². The van der Waals surface area contributed by atoms with Crippen LogP contribution in [-0.4, -0.2) is 23.9 Å². The van der Waals surface area contributed by atoms with E-state index in [1.165, 1.54) is 5.56 Å². The molecule has 1 aliphatic rings. The largest absolute Gasteiger partial charge is 0.398 e. The second-order valence-electron chi connectivity index (χ2n) is 4.43. The van der Waals surface area contributed by atoms with E-state index in [4.69, 9.17) is 5.73 Å². The number of hydrogen-bond acceptors (Lipinski definition) is 2. The molecule has 16 heavy (non-hydrogen) atoms. The number of rotatable bonds is 1. The first-order chi connectivity index (χ1) is 7.68. The Morgan fingerprint density at radius 2 is 2.19 bits per heavy atom. The summed E-state index contributed by atoms with van der Waals surface area (Å²) >= 11 is 0. The molecule has 3 heteroatoms. The van der Waals surface area contributed by atoms with Gasteiger partial charge in [0.15, 0.2) is 0 Å². The molecule has 0 radical (unpaired) electrons. The summed E-state index contributed by atoms with van der Waals surface area (Å²) in [6, 6.07) is 7.97. The van der Waals surface area contributed by atoms with Crippen LogP contribution in [0.4, 0.5) is 5.69 Å². The van der Waals surface area contributed by atoms with Crippen LogP contribution in [0.3, 0.4) is 0 Å². The first-order valence-electron chi connectivity index (χ1n) is 5.78. The maximum absolute atomic E-state index is 11.4. The van der Waals surface area contributed by atoms with E-state index in [0.717, 1.165) is 31.6 Å². The molecule has 2 rings (SSSR count). The highest BCUT2D eigenvalue weighted by Crippen LogP contribution is 2.30. The molecule has 1 aromatic carbocycles. The van der Waals surface area contributed by atoms with Crippen molar-refractivity contribution in [3.63, 3.8) is 0 Å². The molecule has 3 nitrogen and oxygen atoms in total. The van der Waals surface area contributed by atoms with Crippen molar-refractivity contribution >= 4 is 11.6 Å². The lowest BCUT2D eigenvalue weighted by Gasteiger charge is -2.32. The Balaban J connectivity index is 2.16. The van der Waals surface area contributed by atoms with Crippen molar-refractivity contribution in [3.05, 3.63) is 29.8 Å². The molecule has 0 saturated carbocycles. The SMILES string of the molecule is CC(=O)N1CCCC(c2ccccc2N)C1. The van der Waals surface area contributed by atoms with Crippen LogP contribution >= 0.6 is 0 Å². The number of nitrogens with two attached hydrogens (primary N) is 1. The Hall–Kier alpha value is -1.51. The standard InChI is InChI=1S/C13H18N2O/c1-10(16)15-8-4-5-11(9-15)12-6-2-3-7-13(12)14/h2-3,6-7,11H,4-5,8-9,14H2,1H3. The van der Waals surface area contributed by atoms with Crippen molar-refractivity contribution in [2.24, 2.45) is 0 Å². The summed E-state index contributed by atoms with van der Waals surface area (Å²) in [5.74, 6) is 0.568. The molecule has 2 N–H and O–H groups in total. The monoisotopic (exact) mass is 218 g/mol. The quantitative estimate of drug-likeness (QED) is 0.733. The van der Waals surface area contributed by atoms with Crippen molar-refractivity contribution in [2.75, 3.05) is 18.8 Å². The third-order valence-corrected chi connectivity index (χ3v) is 3.30. The van der Waals surface area contributed by atoms with Gasteiger partial charge in [0.2, 0.25) is 5.91 Å². The number of benzene rings is 1. The highest BCUT2D eigenvalue weighted by molar-refractivity contribution is 5.73. The maximum Gasteiger partial charge on any atom is 0.219 e. The summed E-state index contributed by atoms with van der Waals surface area (Å²) in [7, 11) is 0. The minimum atomic E-state index is 0.166. The fourth-order valence-corrected chi connectivity index (χ4v) is 2.40. The van der Waals surface area contributed by atoms with Gasteiger partial charge < -0.3 is 10.6 Å². The van der Waals surface area contributed by atoms with Crippen LogP contribution in [0.5, 0.6) is 0 Å². The zero-order valence-corrected chi connectivity index (χ0v) is 9.65. The first-order valence-corrected chi connectivity index (χ1v) is 5.78. The predicted octanol–water partition coefficient (Wildman–Crippen LogP) is 1.99. The van der Waals surface area contributed by atoms with E-state index in [0.29, 0.717) is 5.92 Å². The third kappa shape index (κ3) is 2.18. The second-order valence-corrected chi connectivity index (χ2v) is 4.43. The molecular formula is C13H18N2O. The van der Waals surface area contributed by atoms with Crippen LogP contribution in [0.15, 0.2) is 24.3 Å². The van der Waals surface area contributed by atoms with Crippen molar-refractivity contribution < 1.29 is 4.79 Å². The van der Waals surface area contributed by atoms with Crippen molar-refractivity contribution in [2.45, 2.75) is 25.7 Å². The Morgan fingerprint density at radius 1 is 1.44 bits per heavy atom. The number of hydrogen-bond donors (Lipinski definition) is 1. The van der Waals surface area contributed by atoms with E-state index in [9.17, 15) is 4.79 Å². The Bertz CT molecular complexity index is 389. The van der Waals surface area contributed by atoms with E-state index in [-0.39, 0.29) is 5.91 Å². The maximum atomic E-state index is 11.4. The van der Waals surface area contributed by atoms with Gasteiger partial charge in [0.25, 0.3) is 0 Å². The number of anilines is 1. The average Bonchev–Trinajstić information content (AvgIpc) is 2.30. The summed E-state index contributed by atoms with van der Waals surface area (Å²) in [6.45, 7) is 3.33. The highest BCUT2D eigenvalue weighted by Gasteiger charge is 2.23. The van der Waals surface area contributed by atoms with Crippen molar-refractivity contribution in [1.29, 1.82) is 0 Å². The minimum absolute atomic E-state index is 0.166. The Kier molecular flexibility index (Phi) is 3.13. The van der Waals surface area contributed by atoms with Gasteiger partial charge in [0.05, 0.1) is 0 Å². The van der Waals surface area contributed by atoms with Gasteiger partial charge in [-0.05, 0) is 24.5 Å². The van der Waals surface area contributed by atoms with E-state index in [1.807, 2.05) is 23.1 Å². The minimum Gasteiger partial charge on any atom is -0.398 e. The van der Waals surface area contributed by atoms with E-state index >= 15 is 0 Å².